The van der Waals surface area contributed by atoms with Crippen LogP contribution in [0.1, 0.15) is 48.4 Å². The van der Waals surface area contributed by atoms with Gasteiger partial charge in [-0.1, -0.05) is 12.5 Å². The topological polar surface area (TPSA) is 65.2 Å². The van der Waals surface area contributed by atoms with Gasteiger partial charge in [0.05, 0.1) is 5.56 Å². The van der Waals surface area contributed by atoms with Crippen LogP contribution < -0.4 is 10.5 Å². The Kier molecular flexibility index (Phi) is 4.84. The second kappa shape index (κ2) is 7.64. The van der Waals surface area contributed by atoms with Crippen LogP contribution in [-0.4, -0.2) is 40.6 Å². The van der Waals surface area contributed by atoms with Gasteiger partial charge in [0.1, 0.15) is 11.9 Å². The number of nitrogens with zero attached hydrogens (tertiary/aromatic N) is 5. The highest BCUT2D eigenvalue weighted by Gasteiger charge is 2.36. The van der Waals surface area contributed by atoms with E-state index in [0.29, 0.717) is 17.4 Å². The van der Waals surface area contributed by atoms with E-state index in [2.05, 4.69) is 33.0 Å². The van der Waals surface area contributed by atoms with Gasteiger partial charge < -0.3 is 9.47 Å². The van der Waals surface area contributed by atoms with Crippen LogP contribution in [0.2, 0.25) is 0 Å². The summed E-state index contributed by atoms with van der Waals surface area (Å²) in [5, 5.41) is 9.45. The molecule has 5 rings (SSSR count). The molecule has 0 N–H and O–H groups in total. The van der Waals surface area contributed by atoms with Gasteiger partial charge in [-0.15, -0.1) is 0 Å². The van der Waals surface area contributed by atoms with Gasteiger partial charge in [0.15, 0.2) is 0 Å². The molecule has 2 aromatic heterocycles. The van der Waals surface area contributed by atoms with Gasteiger partial charge in [0, 0.05) is 49.6 Å². The molecule has 29 heavy (non-hydrogen) atoms. The molecule has 150 valence electrons. The molecule has 2 aromatic rings. The zero-order valence-electron chi connectivity index (χ0n) is 16.8. The first kappa shape index (κ1) is 18.4. The maximum atomic E-state index is 13.2. The summed E-state index contributed by atoms with van der Waals surface area (Å²) in [4.78, 5) is 22.4. The maximum Gasteiger partial charge on any atom is 0.255 e. The van der Waals surface area contributed by atoms with Crippen LogP contribution in [0.25, 0.3) is 0 Å². The van der Waals surface area contributed by atoms with Crippen molar-refractivity contribution < 1.29 is 0 Å². The molecule has 0 aromatic carbocycles. The minimum atomic E-state index is 0.201. The standard InChI is InChI=1S/C23H27N5O/c24-12-18-5-4-8-25-22(18)27-13-17-11-20(16-27)21-7-6-19(23(29)28(21)14-17)15-26-9-2-1-3-10-26/h4-8,17,20H,1-3,9-11,13-16H2/t17-,20+/m0/s1. The molecule has 0 spiro atoms. The average molecular weight is 390 g/mol. The third-order valence-electron chi connectivity index (χ3n) is 6.73. The Labute approximate surface area is 171 Å². The number of rotatable bonds is 3. The zero-order chi connectivity index (χ0) is 19.8. The fraction of sp³-hybridized carbons (Fsp3) is 0.522. The first-order valence-corrected chi connectivity index (χ1v) is 10.8. The first-order valence-electron chi connectivity index (χ1n) is 10.8. The zero-order valence-corrected chi connectivity index (χ0v) is 16.8. The first-order chi connectivity index (χ1) is 14.2. The molecule has 3 aliphatic rings. The summed E-state index contributed by atoms with van der Waals surface area (Å²) in [6.07, 6.45) is 6.65. The van der Waals surface area contributed by atoms with E-state index in [1.807, 2.05) is 16.7 Å². The molecule has 0 aliphatic carbocycles. The molecule has 2 saturated heterocycles. The number of pyridine rings is 2. The largest absolute Gasteiger partial charge is 0.355 e. The normalized spacial score (nSPS) is 24.0. The number of likely N-dealkylation sites (tertiary alicyclic amines) is 1. The predicted octanol–water partition coefficient (Wildman–Crippen LogP) is 2.72. The van der Waals surface area contributed by atoms with Crippen LogP contribution in [0.3, 0.4) is 0 Å². The highest BCUT2D eigenvalue weighted by atomic mass is 16.1. The number of piperidine rings is 2. The quantitative estimate of drug-likeness (QED) is 0.808. The van der Waals surface area contributed by atoms with Gasteiger partial charge in [-0.3, -0.25) is 9.69 Å². The highest BCUT2D eigenvalue weighted by Crippen LogP contribution is 2.37. The summed E-state index contributed by atoms with van der Waals surface area (Å²) in [5.41, 5.74) is 2.91. The minimum absolute atomic E-state index is 0.201. The maximum absolute atomic E-state index is 13.2. The molecular weight excluding hydrogens is 362 g/mol. The van der Waals surface area contributed by atoms with Crippen molar-refractivity contribution in [1.29, 1.82) is 5.26 Å². The van der Waals surface area contributed by atoms with Crippen LogP contribution in [0.15, 0.2) is 35.3 Å². The number of anilines is 1. The van der Waals surface area contributed by atoms with Crippen LogP contribution in [0.4, 0.5) is 5.82 Å². The molecular formula is C23H27N5O. The monoisotopic (exact) mass is 389 g/mol. The Balaban J connectivity index is 1.41. The summed E-state index contributed by atoms with van der Waals surface area (Å²) in [6, 6.07) is 10.1. The number of aromatic nitrogens is 2. The molecule has 6 nitrogen and oxygen atoms in total. The van der Waals surface area contributed by atoms with Crippen molar-refractivity contribution in [3.8, 4) is 6.07 Å². The van der Waals surface area contributed by atoms with E-state index in [9.17, 15) is 10.1 Å². The predicted molar refractivity (Wildman–Crippen MR) is 112 cm³/mol. The van der Waals surface area contributed by atoms with Crippen molar-refractivity contribution >= 4 is 5.82 Å². The summed E-state index contributed by atoms with van der Waals surface area (Å²) in [7, 11) is 0. The van der Waals surface area contributed by atoms with Gasteiger partial charge in [-0.2, -0.15) is 5.26 Å². The average Bonchev–Trinajstić information content (AvgIpc) is 2.76. The molecule has 0 saturated carbocycles. The molecule has 3 aliphatic heterocycles. The third-order valence-corrected chi connectivity index (χ3v) is 6.73. The molecule has 0 unspecified atom stereocenters. The summed E-state index contributed by atoms with van der Waals surface area (Å²) in [6.45, 7) is 5.42. The minimum Gasteiger partial charge on any atom is -0.355 e. The molecule has 5 heterocycles. The van der Waals surface area contributed by atoms with E-state index in [1.54, 1.807) is 6.20 Å². The Morgan fingerprint density at radius 3 is 2.79 bits per heavy atom. The third kappa shape index (κ3) is 3.44. The van der Waals surface area contributed by atoms with Gasteiger partial charge in [0.2, 0.25) is 0 Å². The van der Waals surface area contributed by atoms with Crippen molar-refractivity contribution in [2.24, 2.45) is 5.92 Å². The lowest BCUT2D eigenvalue weighted by Crippen LogP contribution is -2.48. The Bertz CT molecular complexity index is 1000. The second-order valence-corrected chi connectivity index (χ2v) is 8.73. The fourth-order valence-corrected chi connectivity index (χ4v) is 5.38. The fourth-order valence-electron chi connectivity index (χ4n) is 5.38. The van der Waals surface area contributed by atoms with Crippen molar-refractivity contribution in [3.63, 3.8) is 0 Å². The molecule has 6 heteroatoms. The van der Waals surface area contributed by atoms with E-state index in [0.717, 1.165) is 62.8 Å². The van der Waals surface area contributed by atoms with Crippen LogP contribution >= 0.6 is 0 Å². The number of fused-ring (bicyclic) bond motifs is 4. The lowest BCUT2D eigenvalue weighted by molar-refractivity contribution is 0.218. The smallest absolute Gasteiger partial charge is 0.255 e. The van der Waals surface area contributed by atoms with Crippen molar-refractivity contribution in [2.75, 3.05) is 31.1 Å². The SMILES string of the molecule is N#Cc1cccnc1N1C[C@@H]2C[C@H](C1)c1ccc(CN3CCCCC3)c(=O)n1C2. The van der Waals surface area contributed by atoms with E-state index in [-0.39, 0.29) is 5.56 Å². The van der Waals surface area contributed by atoms with Crippen molar-refractivity contribution in [1.82, 2.24) is 14.5 Å². The van der Waals surface area contributed by atoms with Gasteiger partial charge in [-0.25, -0.2) is 4.98 Å². The lowest BCUT2D eigenvalue weighted by atomic mass is 9.83. The summed E-state index contributed by atoms with van der Waals surface area (Å²) in [5.74, 6) is 1.51. The Morgan fingerprint density at radius 1 is 1.10 bits per heavy atom. The molecule has 0 radical (unpaired) electrons. The number of nitriles is 1. The van der Waals surface area contributed by atoms with E-state index >= 15 is 0 Å². The summed E-state index contributed by atoms with van der Waals surface area (Å²) >= 11 is 0. The van der Waals surface area contributed by atoms with Crippen LogP contribution in [-0.2, 0) is 13.1 Å². The molecule has 0 amide bonds. The molecule has 2 atom stereocenters. The molecule has 2 fully saturated rings. The van der Waals surface area contributed by atoms with Gasteiger partial charge >= 0.3 is 0 Å². The Hall–Kier alpha value is -2.65. The van der Waals surface area contributed by atoms with Crippen molar-refractivity contribution in [3.05, 3.63) is 57.6 Å². The van der Waals surface area contributed by atoms with E-state index in [1.165, 1.54) is 19.3 Å². The van der Waals surface area contributed by atoms with Gasteiger partial charge in [0.25, 0.3) is 5.56 Å². The number of hydrogen-bond acceptors (Lipinski definition) is 5. The van der Waals surface area contributed by atoms with E-state index < -0.39 is 0 Å². The van der Waals surface area contributed by atoms with Gasteiger partial charge in [-0.05, 0) is 56.5 Å². The highest BCUT2D eigenvalue weighted by molar-refractivity contribution is 5.54. The van der Waals surface area contributed by atoms with Crippen LogP contribution in [0.5, 0.6) is 0 Å². The van der Waals surface area contributed by atoms with Crippen LogP contribution in [0, 0.1) is 17.2 Å². The molecule has 2 bridgehead atoms. The Morgan fingerprint density at radius 2 is 1.97 bits per heavy atom. The lowest BCUT2D eigenvalue weighted by Gasteiger charge is -2.43. The number of hydrogen-bond donors (Lipinski definition) is 0. The van der Waals surface area contributed by atoms with Crippen molar-refractivity contribution in [2.45, 2.75) is 44.7 Å². The van der Waals surface area contributed by atoms with E-state index in [4.69, 9.17) is 0 Å². The summed E-state index contributed by atoms with van der Waals surface area (Å²) < 4.78 is 2.04. The second-order valence-electron chi connectivity index (χ2n) is 8.73.